The Bertz CT molecular complexity index is 479. The number of nitrogens with two attached hydrogens (primary N) is 1. The standard InChI is InChI=1S/C10H9Cl2N3/c11-7-1-2-9(12)8(3-7)10-6(4-13)5-14-15-10/h1-3,5H,4,13H2,(H,14,15). The van der Waals surface area contributed by atoms with Gasteiger partial charge in [-0.1, -0.05) is 23.2 Å². The zero-order valence-electron chi connectivity index (χ0n) is 7.80. The second kappa shape index (κ2) is 4.23. The van der Waals surface area contributed by atoms with Crippen molar-refractivity contribution in [3.63, 3.8) is 0 Å². The molecule has 0 saturated carbocycles. The van der Waals surface area contributed by atoms with Crippen molar-refractivity contribution in [2.75, 3.05) is 0 Å². The monoisotopic (exact) mass is 241 g/mol. The molecule has 0 aliphatic heterocycles. The number of nitrogens with one attached hydrogen (secondary N) is 1. The van der Waals surface area contributed by atoms with Crippen molar-refractivity contribution < 1.29 is 0 Å². The molecule has 1 heterocycles. The first-order valence-corrected chi connectivity index (χ1v) is 5.15. The molecular formula is C10H9Cl2N3. The SMILES string of the molecule is NCc1cn[nH]c1-c1cc(Cl)ccc1Cl. The summed E-state index contributed by atoms with van der Waals surface area (Å²) in [5, 5.41) is 8.06. The highest BCUT2D eigenvalue weighted by Crippen LogP contribution is 2.30. The van der Waals surface area contributed by atoms with Crippen molar-refractivity contribution in [1.82, 2.24) is 10.2 Å². The maximum atomic E-state index is 6.07. The van der Waals surface area contributed by atoms with Crippen LogP contribution in [-0.2, 0) is 6.54 Å². The van der Waals surface area contributed by atoms with Crippen LogP contribution < -0.4 is 5.73 Å². The Balaban J connectivity index is 2.58. The van der Waals surface area contributed by atoms with Crippen LogP contribution in [0.3, 0.4) is 0 Å². The van der Waals surface area contributed by atoms with Crippen LogP contribution in [0.15, 0.2) is 24.4 Å². The van der Waals surface area contributed by atoms with E-state index < -0.39 is 0 Å². The minimum atomic E-state index is 0.411. The molecule has 78 valence electrons. The van der Waals surface area contributed by atoms with Crippen molar-refractivity contribution in [1.29, 1.82) is 0 Å². The molecule has 2 rings (SSSR count). The summed E-state index contributed by atoms with van der Waals surface area (Å²) in [6, 6.07) is 5.28. The van der Waals surface area contributed by atoms with Crippen LogP contribution in [0, 0.1) is 0 Å². The Morgan fingerprint density at radius 3 is 2.87 bits per heavy atom. The summed E-state index contributed by atoms with van der Waals surface area (Å²) >= 11 is 12.0. The van der Waals surface area contributed by atoms with E-state index in [1.54, 1.807) is 24.4 Å². The van der Waals surface area contributed by atoms with E-state index in [1.165, 1.54) is 0 Å². The van der Waals surface area contributed by atoms with E-state index >= 15 is 0 Å². The van der Waals surface area contributed by atoms with Gasteiger partial charge in [0.25, 0.3) is 0 Å². The zero-order chi connectivity index (χ0) is 10.8. The highest BCUT2D eigenvalue weighted by molar-refractivity contribution is 6.35. The molecule has 0 unspecified atom stereocenters. The first-order valence-electron chi connectivity index (χ1n) is 4.40. The summed E-state index contributed by atoms with van der Waals surface area (Å²) in [5.41, 5.74) is 8.15. The Kier molecular flexibility index (Phi) is 2.95. The molecular weight excluding hydrogens is 233 g/mol. The maximum Gasteiger partial charge on any atom is 0.0710 e. The second-order valence-corrected chi connectivity index (χ2v) is 3.94. The molecule has 5 heteroatoms. The lowest BCUT2D eigenvalue weighted by Gasteiger charge is -2.04. The fraction of sp³-hybridized carbons (Fsp3) is 0.100. The van der Waals surface area contributed by atoms with Crippen LogP contribution >= 0.6 is 23.2 Å². The van der Waals surface area contributed by atoms with E-state index in [0.29, 0.717) is 16.6 Å². The lowest BCUT2D eigenvalue weighted by molar-refractivity contribution is 1.08. The lowest BCUT2D eigenvalue weighted by Crippen LogP contribution is -1.96. The molecule has 2 aromatic rings. The van der Waals surface area contributed by atoms with Gasteiger partial charge in [-0.3, -0.25) is 5.10 Å². The van der Waals surface area contributed by atoms with E-state index in [0.717, 1.165) is 16.8 Å². The van der Waals surface area contributed by atoms with Gasteiger partial charge in [0, 0.05) is 22.7 Å². The third-order valence-corrected chi connectivity index (χ3v) is 2.70. The molecule has 0 amide bonds. The minimum Gasteiger partial charge on any atom is -0.326 e. The predicted molar refractivity (Wildman–Crippen MR) is 61.9 cm³/mol. The minimum absolute atomic E-state index is 0.411. The molecule has 1 aromatic heterocycles. The Morgan fingerprint density at radius 2 is 2.13 bits per heavy atom. The van der Waals surface area contributed by atoms with Crippen LogP contribution in [0.2, 0.25) is 10.0 Å². The number of hydrogen-bond donors (Lipinski definition) is 2. The van der Waals surface area contributed by atoms with Crippen LogP contribution in [-0.4, -0.2) is 10.2 Å². The molecule has 3 nitrogen and oxygen atoms in total. The number of aromatic amines is 1. The highest BCUT2D eigenvalue weighted by Gasteiger charge is 2.10. The highest BCUT2D eigenvalue weighted by atomic mass is 35.5. The van der Waals surface area contributed by atoms with Gasteiger partial charge in [-0.05, 0) is 18.2 Å². The van der Waals surface area contributed by atoms with Crippen LogP contribution in [0.1, 0.15) is 5.56 Å². The number of benzene rings is 1. The molecule has 0 fully saturated rings. The van der Waals surface area contributed by atoms with Gasteiger partial charge in [0.15, 0.2) is 0 Å². The first kappa shape index (κ1) is 10.5. The molecule has 0 spiro atoms. The van der Waals surface area contributed by atoms with Crippen LogP contribution in [0.25, 0.3) is 11.3 Å². The Labute approximate surface area is 97.2 Å². The predicted octanol–water partition coefficient (Wildman–Crippen LogP) is 2.84. The summed E-state index contributed by atoms with van der Waals surface area (Å²) in [7, 11) is 0. The van der Waals surface area contributed by atoms with Crippen molar-refractivity contribution in [2.24, 2.45) is 5.73 Å². The number of H-pyrrole nitrogens is 1. The third-order valence-electron chi connectivity index (χ3n) is 2.14. The third kappa shape index (κ3) is 2.00. The lowest BCUT2D eigenvalue weighted by atomic mass is 10.1. The molecule has 0 atom stereocenters. The van der Waals surface area contributed by atoms with Gasteiger partial charge in [-0.2, -0.15) is 5.10 Å². The molecule has 15 heavy (non-hydrogen) atoms. The smallest absolute Gasteiger partial charge is 0.0710 e. The van der Waals surface area contributed by atoms with Gasteiger partial charge in [-0.25, -0.2) is 0 Å². The molecule has 0 bridgehead atoms. The average molecular weight is 242 g/mol. The average Bonchev–Trinajstić information content (AvgIpc) is 2.69. The maximum absolute atomic E-state index is 6.07. The fourth-order valence-electron chi connectivity index (χ4n) is 1.39. The molecule has 1 aromatic carbocycles. The van der Waals surface area contributed by atoms with Gasteiger partial charge in [0.05, 0.1) is 16.9 Å². The summed E-state index contributed by atoms with van der Waals surface area (Å²) in [6.45, 7) is 0.411. The van der Waals surface area contributed by atoms with Crippen LogP contribution in [0.5, 0.6) is 0 Å². The fourth-order valence-corrected chi connectivity index (χ4v) is 1.77. The van der Waals surface area contributed by atoms with E-state index in [2.05, 4.69) is 10.2 Å². The first-order chi connectivity index (χ1) is 7.22. The molecule has 0 aliphatic rings. The summed E-state index contributed by atoms with van der Waals surface area (Å²) in [5.74, 6) is 0. The van der Waals surface area contributed by atoms with E-state index in [9.17, 15) is 0 Å². The Morgan fingerprint density at radius 1 is 1.33 bits per heavy atom. The van der Waals surface area contributed by atoms with E-state index in [4.69, 9.17) is 28.9 Å². The normalized spacial score (nSPS) is 10.6. The largest absolute Gasteiger partial charge is 0.326 e. The summed E-state index contributed by atoms with van der Waals surface area (Å²) in [4.78, 5) is 0. The number of aromatic nitrogens is 2. The summed E-state index contributed by atoms with van der Waals surface area (Å²) < 4.78 is 0. The Hall–Kier alpha value is -1.03. The molecule has 0 radical (unpaired) electrons. The zero-order valence-corrected chi connectivity index (χ0v) is 9.31. The van der Waals surface area contributed by atoms with Gasteiger partial charge in [0.1, 0.15) is 0 Å². The summed E-state index contributed by atoms with van der Waals surface area (Å²) in [6.07, 6.45) is 1.69. The molecule has 0 saturated heterocycles. The van der Waals surface area contributed by atoms with Crippen molar-refractivity contribution in [2.45, 2.75) is 6.54 Å². The van der Waals surface area contributed by atoms with Gasteiger partial charge in [0.2, 0.25) is 0 Å². The number of rotatable bonds is 2. The number of hydrogen-bond acceptors (Lipinski definition) is 2. The van der Waals surface area contributed by atoms with Crippen LogP contribution in [0.4, 0.5) is 0 Å². The molecule has 0 aliphatic carbocycles. The van der Waals surface area contributed by atoms with Gasteiger partial charge >= 0.3 is 0 Å². The van der Waals surface area contributed by atoms with Gasteiger partial charge < -0.3 is 5.73 Å². The van der Waals surface area contributed by atoms with Crippen molar-refractivity contribution in [3.8, 4) is 11.3 Å². The topological polar surface area (TPSA) is 54.7 Å². The number of nitrogens with zero attached hydrogens (tertiary/aromatic N) is 1. The molecule has 3 N–H and O–H groups in total. The number of halogens is 2. The van der Waals surface area contributed by atoms with Gasteiger partial charge in [-0.15, -0.1) is 0 Å². The van der Waals surface area contributed by atoms with Crippen molar-refractivity contribution >= 4 is 23.2 Å². The van der Waals surface area contributed by atoms with Crippen molar-refractivity contribution in [3.05, 3.63) is 40.0 Å². The second-order valence-electron chi connectivity index (χ2n) is 3.10. The quantitative estimate of drug-likeness (QED) is 0.850. The van der Waals surface area contributed by atoms with E-state index in [-0.39, 0.29) is 0 Å². The van der Waals surface area contributed by atoms with E-state index in [1.807, 2.05) is 0 Å².